The second-order valence-electron chi connectivity index (χ2n) is 7.26. The predicted octanol–water partition coefficient (Wildman–Crippen LogP) is 3.28. The van der Waals surface area contributed by atoms with E-state index in [0.717, 1.165) is 29.5 Å². The van der Waals surface area contributed by atoms with Crippen molar-refractivity contribution in [2.24, 2.45) is 22.9 Å². The van der Waals surface area contributed by atoms with Crippen LogP contribution in [0.25, 0.3) is 0 Å². The summed E-state index contributed by atoms with van der Waals surface area (Å²) in [7, 11) is 0. The van der Waals surface area contributed by atoms with Gasteiger partial charge >= 0.3 is 0 Å². The normalized spacial score (nSPS) is 23.1. The first-order valence-corrected chi connectivity index (χ1v) is 8.55. The Morgan fingerprint density at radius 1 is 1.54 bits per heavy atom. The number of rotatable bonds is 9. The van der Waals surface area contributed by atoms with Crippen molar-refractivity contribution in [1.82, 2.24) is 0 Å². The summed E-state index contributed by atoms with van der Waals surface area (Å²) in [5.74, 6) is 0.741. The van der Waals surface area contributed by atoms with Crippen molar-refractivity contribution in [1.29, 1.82) is 0 Å². The van der Waals surface area contributed by atoms with Crippen LogP contribution in [0.15, 0.2) is 41.8 Å². The van der Waals surface area contributed by atoms with Crippen molar-refractivity contribution >= 4 is 0 Å². The summed E-state index contributed by atoms with van der Waals surface area (Å²) in [6, 6.07) is 7.56. The van der Waals surface area contributed by atoms with Gasteiger partial charge in [0.2, 0.25) is 0 Å². The minimum atomic E-state index is -0.927. The van der Waals surface area contributed by atoms with Crippen LogP contribution >= 0.6 is 0 Å². The summed E-state index contributed by atoms with van der Waals surface area (Å²) in [4.78, 5) is 29.7. The molecule has 8 nitrogen and oxygen atoms in total. The quantitative estimate of drug-likeness (QED) is 0.311. The van der Waals surface area contributed by atoms with E-state index >= 15 is 0 Å². The van der Waals surface area contributed by atoms with Crippen molar-refractivity contribution in [3.05, 3.63) is 62.6 Å². The number of nitrogens with two attached hydrogens (primary N) is 1. The molecule has 8 heteroatoms. The van der Waals surface area contributed by atoms with Crippen LogP contribution in [0.2, 0.25) is 0 Å². The fourth-order valence-corrected chi connectivity index (χ4v) is 3.77. The Balaban J connectivity index is 2.19. The zero-order valence-electron chi connectivity index (χ0n) is 15.1. The average molecular weight is 363 g/mol. The molecule has 1 saturated carbocycles. The molecule has 0 spiro atoms. The van der Waals surface area contributed by atoms with Crippen molar-refractivity contribution in [3.8, 4) is 0 Å². The molecule has 0 amide bonds. The van der Waals surface area contributed by atoms with Crippen LogP contribution in [-0.2, 0) is 21.6 Å². The van der Waals surface area contributed by atoms with E-state index in [1.807, 2.05) is 31.2 Å². The molecule has 0 heterocycles. The highest BCUT2D eigenvalue weighted by Gasteiger charge is 2.38. The molecule has 0 bridgehead atoms. The van der Waals surface area contributed by atoms with Crippen molar-refractivity contribution in [2.45, 2.75) is 44.8 Å². The van der Waals surface area contributed by atoms with Crippen LogP contribution < -0.4 is 5.73 Å². The minimum absolute atomic E-state index is 0.182. The molecule has 4 atom stereocenters. The van der Waals surface area contributed by atoms with Crippen molar-refractivity contribution in [2.75, 3.05) is 6.61 Å². The van der Waals surface area contributed by atoms with Crippen molar-refractivity contribution < 1.29 is 14.8 Å². The molecule has 26 heavy (non-hydrogen) atoms. The second kappa shape index (κ2) is 8.27. The first-order valence-electron chi connectivity index (χ1n) is 8.55. The molecule has 2 rings (SSSR count). The van der Waals surface area contributed by atoms with Gasteiger partial charge in [-0.25, -0.2) is 0 Å². The Hall–Kier alpha value is -2.48. The molecule has 142 valence electrons. The zero-order valence-corrected chi connectivity index (χ0v) is 15.1. The lowest BCUT2D eigenvalue weighted by Crippen LogP contribution is -2.41. The van der Waals surface area contributed by atoms with Gasteiger partial charge in [-0.15, -0.1) is 15.0 Å². The molecule has 1 aromatic rings. The van der Waals surface area contributed by atoms with Gasteiger partial charge in [-0.2, -0.15) is 0 Å². The summed E-state index contributed by atoms with van der Waals surface area (Å²) < 4.78 is 0. The van der Waals surface area contributed by atoms with Crippen molar-refractivity contribution in [3.63, 3.8) is 0 Å². The summed E-state index contributed by atoms with van der Waals surface area (Å²) in [6.45, 7) is 8.07. The van der Waals surface area contributed by atoms with Crippen LogP contribution in [0.1, 0.15) is 37.8 Å². The van der Waals surface area contributed by atoms with E-state index in [2.05, 4.69) is 28.5 Å². The molecular weight excluding hydrogens is 338 g/mol. The van der Waals surface area contributed by atoms with Gasteiger partial charge in [-0.05, 0) is 36.8 Å². The Morgan fingerprint density at radius 3 is 2.85 bits per heavy atom. The highest BCUT2D eigenvalue weighted by molar-refractivity contribution is 5.33. The topological polar surface area (TPSA) is 117 Å². The Labute approximate surface area is 152 Å². The fraction of sp³-hybridized carbons (Fsp3) is 0.556. The molecule has 0 aromatic heterocycles. The van der Waals surface area contributed by atoms with Gasteiger partial charge in [0.1, 0.15) is 12.7 Å². The van der Waals surface area contributed by atoms with Gasteiger partial charge in [-0.3, -0.25) is 0 Å². The smallest absolute Gasteiger partial charge is 0.294 e. The van der Waals surface area contributed by atoms with Gasteiger partial charge in [0.15, 0.2) is 5.34 Å². The lowest BCUT2D eigenvalue weighted by Gasteiger charge is -2.33. The molecule has 0 aliphatic heterocycles. The van der Waals surface area contributed by atoms with E-state index in [1.165, 1.54) is 0 Å². The predicted molar refractivity (Wildman–Crippen MR) is 96.3 cm³/mol. The summed E-state index contributed by atoms with van der Waals surface area (Å²) in [5, 5.41) is 12.0. The molecule has 1 aromatic carbocycles. The van der Waals surface area contributed by atoms with Crippen LogP contribution in [0, 0.1) is 26.9 Å². The van der Waals surface area contributed by atoms with E-state index in [-0.39, 0.29) is 18.9 Å². The molecular formula is C18H25N3O5. The van der Waals surface area contributed by atoms with Gasteiger partial charge in [0, 0.05) is 17.9 Å². The molecule has 1 fully saturated rings. The maximum Gasteiger partial charge on any atom is 0.294 e. The number of hydrogen-bond acceptors (Lipinski definition) is 7. The monoisotopic (exact) mass is 363 g/mol. The molecule has 2 N–H and O–H groups in total. The lowest BCUT2D eigenvalue weighted by molar-refractivity contribution is -0.769. The van der Waals surface area contributed by atoms with Gasteiger partial charge in [0.25, 0.3) is 5.09 Å². The van der Waals surface area contributed by atoms with E-state index < -0.39 is 16.7 Å². The van der Waals surface area contributed by atoms with Crippen LogP contribution in [0.4, 0.5) is 0 Å². The zero-order chi connectivity index (χ0) is 19.3. The molecule has 0 radical (unpaired) electrons. The largest absolute Gasteiger partial charge is 0.362 e. The SMILES string of the molecule is C=C1CC(C)CC1C(C)(N)c1cccc(CC(CON=O)O[N+](=O)[O-])c1. The summed E-state index contributed by atoms with van der Waals surface area (Å²) in [6.07, 6.45) is 1.24. The van der Waals surface area contributed by atoms with Crippen LogP contribution in [0.5, 0.6) is 0 Å². The van der Waals surface area contributed by atoms with E-state index in [9.17, 15) is 15.0 Å². The maximum atomic E-state index is 10.6. The third-order valence-electron chi connectivity index (χ3n) is 5.03. The van der Waals surface area contributed by atoms with Gasteiger partial charge in [-0.1, -0.05) is 43.3 Å². The Morgan fingerprint density at radius 2 is 2.27 bits per heavy atom. The molecule has 1 aliphatic carbocycles. The average Bonchev–Trinajstić information content (AvgIpc) is 2.91. The standard InChI is InChI=1S/C18H25N3O5/c1-12-7-13(2)17(8-12)18(3,19)15-6-4-5-14(9-15)10-16(11-25-20-22)26-21(23)24/h4-6,9,12,16-17H,2,7-8,10-11,19H2,1,3H3. The summed E-state index contributed by atoms with van der Waals surface area (Å²) in [5.41, 5.74) is 8.99. The van der Waals surface area contributed by atoms with Crippen LogP contribution in [-0.4, -0.2) is 17.8 Å². The third kappa shape index (κ3) is 4.78. The number of nitrogens with zero attached hydrogens (tertiary/aromatic N) is 2. The number of benzene rings is 1. The fourth-order valence-electron chi connectivity index (χ4n) is 3.77. The molecule has 0 saturated heterocycles. The van der Waals surface area contributed by atoms with Gasteiger partial charge in [0.05, 0.1) is 0 Å². The first kappa shape index (κ1) is 19.8. The van der Waals surface area contributed by atoms with E-state index in [4.69, 9.17) is 5.73 Å². The maximum absolute atomic E-state index is 10.6. The lowest BCUT2D eigenvalue weighted by atomic mass is 9.77. The second-order valence-corrected chi connectivity index (χ2v) is 7.26. The highest BCUT2D eigenvalue weighted by Crippen LogP contribution is 2.44. The Bertz CT molecular complexity index is 677. The molecule has 1 aliphatic rings. The van der Waals surface area contributed by atoms with Crippen LogP contribution in [0.3, 0.4) is 0 Å². The van der Waals surface area contributed by atoms with Gasteiger partial charge < -0.3 is 15.4 Å². The number of hydrogen-bond donors (Lipinski definition) is 1. The van der Waals surface area contributed by atoms with E-state index in [0.29, 0.717) is 5.92 Å². The first-order chi connectivity index (χ1) is 12.2. The molecule has 4 unspecified atom stereocenters. The third-order valence-corrected chi connectivity index (χ3v) is 5.03. The highest BCUT2D eigenvalue weighted by atomic mass is 17.0. The Kier molecular flexibility index (Phi) is 6.31. The van der Waals surface area contributed by atoms with E-state index in [1.54, 1.807) is 0 Å². The minimum Gasteiger partial charge on any atom is -0.362 e. The summed E-state index contributed by atoms with van der Waals surface area (Å²) >= 11 is 0.